The summed E-state index contributed by atoms with van der Waals surface area (Å²) in [6, 6.07) is 10.7. The highest BCUT2D eigenvalue weighted by molar-refractivity contribution is 5.80. The molecule has 0 aliphatic rings. The number of aromatic nitrogens is 1. The highest BCUT2D eigenvalue weighted by Crippen LogP contribution is 2.26. The van der Waals surface area contributed by atoms with Crippen molar-refractivity contribution < 1.29 is 13.9 Å². The molecule has 0 amide bonds. The average molecular weight is 259 g/mol. The lowest BCUT2D eigenvalue weighted by atomic mass is 10.0. The molecule has 2 aromatic carbocycles. The molecule has 19 heavy (non-hydrogen) atoms. The van der Waals surface area contributed by atoms with Gasteiger partial charge in [-0.1, -0.05) is 12.1 Å². The normalized spacial score (nSPS) is 12.8. The molecule has 0 saturated heterocycles. The number of benzene rings is 2. The lowest BCUT2D eigenvalue weighted by molar-refractivity contribution is 0.219. The minimum Gasteiger partial charge on any atom is -0.384 e. The minimum atomic E-state index is -0.977. The molecule has 2 nitrogen and oxygen atoms in total. The number of hydrogen-bond donors (Lipinski definition) is 2. The largest absolute Gasteiger partial charge is 0.384 e. The number of fused-ring (bicyclic) bond motifs is 1. The quantitative estimate of drug-likeness (QED) is 0.725. The molecule has 96 valence electrons. The zero-order chi connectivity index (χ0) is 13.4. The van der Waals surface area contributed by atoms with Crippen molar-refractivity contribution in [3.05, 3.63) is 71.4 Å². The van der Waals surface area contributed by atoms with Gasteiger partial charge in [0.2, 0.25) is 0 Å². The molecule has 1 aromatic heterocycles. The van der Waals surface area contributed by atoms with Gasteiger partial charge in [-0.15, -0.1) is 0 Å². The molecular weight excluding hydrogens is 248 g/mol. The second kappa shape index (κ2) is 4.48. The van der Waals surface area contributed by atoms with Crippen LogP contribution in [0.15, 0.2) is 48.7 Å². The first-order valence-electron chi connectivity index (χ1n) is 5.85. The van der Waals surface area contributed by atoms with Crippen molar-refractivity contribution >= 4 is 10.9 Å². The van der Waals surface area contributed by atoms with Gasteiger partial charge in [-0.05, 0) is 46.8 Å². The van der Waals surface area contributed by atoms with Crippen LogP contribution in [-0.2, 0) is 0 Å². The molecule has 0 aliphatic heterocycles. The van der Waals surface area contributed by atoms with Gasteiger partial charge in [0.1, 0.15) is 6.10 Å². The van der Waals surface area contributed by atoms with Crippen molar-refractivity contribution in [3.8, 4) is 0 Å². The Morgan fingerprint density at radius 2 is 1.63 bits per heavy atom. The van der Waals surface area contributed by atoms with Gasteiger partial charge in [0, 0.05) is 11.7 Å². The molecule has 1 atom stereocenters. The van der Waals surface area contributed by atoms with Gasteiger partial charge in [0.15, 0.2) is 11.6 Å². The Morgan fingerprint density at radius 1 is 0.895 bits per heavy atom. The Hall–Kier alpha value is -2.20. The van der Waals surface area contributed by atoms with Crippen LogP contribution >= 0.6 is 0 Å². The van der Waals surface area contributed by atoms with Gasteiger partial charge in [-0.25, -0.2) is 8.78 Å². The zero-order valence-corrected chi connectivity index (χ0v) is 9.90. The van der Waals surface area contributed by atoms with Crippen LogP contribution in [-0.4, -0.2) is 10.1 Å². The summed E-state index contributed by atoms with van der Waals surface area (Å²) in [6.45, 7) is 0. The first-order chi connectivity index (χ1) is 9.15. The van der Waals surface area contributed by atoms with E-state index in [2.05, 4.69) is 4.98 Å². The van der Waals surface area contributed by atoms with Crippen molar-refractivity contribution in [2.24, 2.45) is 0 Å². The van der Waals surface area contributed by atoms with Crippen LogP contribution in [0.3, 0.4) is 0 Å². The summed E-state index contributed by atoms with van der Waals surface area (Å²) in [5, 5.41) is 11.2. The maximum atomic E-state index is 13.2. The van der Waals surface area contributed by atoms with Crippen LogP contribution < -0.4 is 0 Å². The summed E-state index contributed by atoms with van der Waals surface area (Å²) in [4.78, 5) is 3.05. The van der Waals surface area contributed by atoms with Crippen LogP contribution in [0.2, 0.25) is 0 Å². The molecule has 2 N–H and O–H groups in total. The third-order valence-electron chi connectivity index (χ3n) is 3.15. The van der Waals surface area contributed by atoms with Crippen molar-refractivity contribution in [3.63, 3.8) is 0 Å². The van der Waals surface area contributed by atoms with Crippen LogP contribution in [0, 0.1) is 11.6 Å². The smallest absolute Gasteiger partial charge is 0.159 e. The first-order valence-corrected chi connectivity index (χ1v) is 5.85. The number of halogens is 2. The summed E-state index contributed by atoms with van der Waals surface area (Å²) >= 11 is 0. The number of H-pyrrole nitrogens is 1. The number of aliphatic hydroxyl groups is 1. The molecule has 0 spiro atoms. The third kappa shape index (κ3) is 2.11. The van der Waals surface area contributed by atoms with Gasteiger partial charge < -0.3 is 10.1 Å². The van der Waals surface area contributed by atoms with Crippen molar-refractivity contribution in [1.82, 2.24) is 4.98 Å². The van der Waals surface area contributed by atoms with E-state index in [-0.39, 0.29) is 0 Å². The third-order valence-corrected chi connectivity index (χ3v) is 3.15. The number of rotatable bonds is 2. The van der Waals surface area contributed by atoms with E-state index in [0.29, 0.717) is 11.1 Å². The molecule has 0 saturated carbocycles. The Morgan fingerprint density at radius 3 is 2.42 bits per heavy atom. The second-order valence-corrected chi connectivity index (χ2v) is 4.40. The predicted molar refractivity (Wildman–Crippen MR) is 68.7 cm³/mol. The highest BCUT2D eigenvalue weighted by Gasteiger charge is 2.13. The Labute approximate surface area is 108 Å². The van der Waals surface area contributed by atoms with Gasteiger partial charge in [-0.2, -0.15) is 0 Å². The number of hydrogen-bond acceptors (Lipinski definition) is 1. The van der Waals surface area contributed by atoms with Crippen molar-refractivity contribution in [1.29, 1.82) is 0 Å². The van der Waals surface area contributed by atoms with Gasteiger partial charge in [-0.3, -0.25) is 0 Å². The van der Waals surface area contributed by atoms with Crippen LogP contribution in [0.1, 0.15) is 17.2 Å². The van der Waals surface area contributed by atoms with E-state index < -0.39 is 17.7 Å². The van der Waals surface area contributed by atoms with E-state index in [4.69, 9.17) is 0 Å². The second-order valence-electron chi connectivity index (χ2n) is 4.40. The standard InChI is InChI=1S/C15H11F2NO/c16-12-3-1-11(8-13(12)17)15(19)10-2-4-14-9(7-10)5-6-18-14/h1-8,15,18-19H. The molecule has 0 bridgehead atoms. The molecule has 0 radical (unpaired) electrons. The SMILES string of the molecule is OC(c1ccc(F)c(F)c1)c1ccc2[nH]ccc2c1. The lowest BCUT2D eigenvalue weighted by Gasteiger charge is -2.12. The summed E-state index contributed by atoms with van der Waals surface area (Å²) in [7, 11) is 0. The summed E-state index contributed by atoms with van der Waals surface area (Å²) in [6.07, 6.45) is 0.827. The Bertz CT molecular complexity index is 736. The molecule has 1 unspecified atom stereocenters. The molecule has 4 heteroatoms. The van der Waals surface area contributed by atoms with E-state index in [1.807, 2.05) is 18.2 Å². The van der Waals surface area contributed by atoms with Crippen molar-refractivity contribution in [2.75, 3.05) is 0 Å². The molecular formula is C15H11F2NO. The molecule has 1 heterocycles. The molecule has 3 aromatic rings. The van der Waals surface area contributed by atoms with Crippen LogP contribution in [0.4, 0.5) is 8.78 Å². The van der Waals surface area contributed by atoms with E-state index in [1.165, 1.54) is 6.07 Å². The summed E-state index contributed by atoms with van der Waals surface area (Å²) < 4.78 is 26.0. The minimum absolute atomic E-state index is 0.328. The van der Waals surface area contributed by atoms with Crippen LogP contribution in [0.5, 0.6) is 0 Å². The molecule has 0 fully saturated rings. The number of aromatic amines is 1. The van der Waals surface area contributed by atoms with Gasteiger partial charge >= 0.3 is 0 Å². The van der Waals surface area contributed by atoms with E-state index in [0.717, 1.165) is 23.0 Å². The van der Waals surface area contributed by atoms with Crippen molar-refractivity contribution in [2.45, 2.75) is 6.10 Å². The summed E-state index contributed by atoms with van der Waals surface area (Å²) in [5.41, 5.74) is 1.92. The number of nitrogens with one attached hydrogen (secondary N) is 1. The fourth-order valence-corrected chi connectivity index (χ4v) is 2.12. The average Bonchev–Trinajstić information content (AvgIpc) is 2.88. The fraction of sp³-hybridized carbons (Fsp3) is 0.0667. The summed E-state index contributed by atoms with van der Waals surface area (Å²) in [5.74, 6) is -1.88. The van der Waals surface area contributed by atoms with Gasteiger partial charge in [0.05, 0.1) is 0 Å². The lowest BCUT2D eigenvalue weighted by Crippen LogP contribution is -2.00. The maximum Gasteiger partial charge on any atom is 0.159 e. The van der Waals surface area contributed by atoms with E-state index in [9.17, 15) is 13.9 Å². The van der Waals surface area contributed by atoms with E-state index in [1.54, 1.807) is 12.3 Å². The Kier molecular flexibility index (Phi) is 2.80. The van der Waals surface area contributed by atoms with Crippen LogP contribution in [0.25, 0.3) is 10.9 Å². The fourth-order valence-electron chi connectivity index (χ4n) is 2.12. The monoisotopic (exact) mass is 259 g/mol. The van der Waals surface area contributed by atoms with Gasteiger partial charge in [0.25, 0.3) is 0 Å². The zero-order valence-electron chi connectivity index (χ0n) is 9.90. The van der Waals surface area contributed by atoms with E-state index >= 15 is 0 Å². The molecule has 0 aliphatic carbocycles. The topological polar surface area (TPSA) is 36.0 Å². The highest BCUT2D eigenvalue weighted by atomic mass is 19.2. The first kappa shape index (κ1) is 11.9. The number of aliphatic hydroxyl groups excluding tert-OH is 1. The Balaban J connectivity index is 2.01. The maximum absolute atomic E-state index is 13.2. The molecule has 3 rings (SSSR count). The predicted octanol–water partition coefficient (Wildman–Crippen LogP) is 3.53.